The molecule has 6 heteroatoms. The second-order valence-electron chi connectivity index (χ2n) is 5.45. The van der Waals surface area contributed by atoms with E-state index in [1.807, 2.05) is 49.4 Å². The Kier molecular flexibility index (Phi) is 4.22. The van der Waals surface area contributed by atoms with Crippen molar-refractivity contribution in [2.45, 2.75) is 11.8 Å². The summed E-state index contributed by atoms with van der Waals surface area (Å²) in [6.07, 6.45) is 0. The van der Waals surface area contributed by atoms with Crippen molar-refractivity contribution in [3.63, 3.8) is 0 Å². The van der Waals surface area contributed by atoms with E-state index in [1.165, 1.54) is 12.1 Å². The van der Waals surface area contributed by atoms with Gasteiger partial charge in [-0.05, 0) is 42.0 Å². The number of sulfonamides is 1. The number of nitrogens with one attached hydrogen (secondary N) is 1. The van der Waals surface area contributed by atoms with E-state index in [0.717, 1.165) is 16.3 Å². The van der Waals surface area contributed by atoms with Gasteiger partial charge in [-0.1, -0.05) is 48.0 Å². The van der Waals surface area contributed by atoms with Gasteiger partial charge in [0.05, 0.1) is 4.90 Å². The smallest absolute Gasteiger partial charge is 0.285 e. The van der Waals surface area contributed by atoms with Gasteiger partial charge in [-0.2, -0.15) is 8.42 Å². The minimum absolute atomic E-state index is 0.108. The van der Waals surface area contributed by atoms with E-state index in [9.17, 15) is 8.42 Å². The molecule has 5 nitrogen and oxygen atoms in total. The minimum atomic E-state index is -3.84. The van der Waals surface area contributed by atoms with Gasteiger partial charge in [-0.3, -0.25) is 0 Å². The average molecular weight is 339 g/mol. The summed E-state index contributed by atoms with van der Waals surface area (Å²) in [6.45, 7) is 1.88. The van der Waals surface area contributed by atoms with Crippen molar-refractivity contribution in [3.05, 3.63) is 72.3 Å². The largest absolute Gasteiger partial charge is 0.369 e. The summed E-state index contributed by atoms with van der Waals surface area (Å²) in [5.41, 5.74) is 7.41. The van der Waals surface area contributed by atoms with Gasteiger partial charge in [-0.15, -0.1) is 4.40 Å². The first-order valence-electron chi connectivity index (χ1n) is 7.37. The molecule has 3 rings (SSSR count). The molecule has 0 aliphatic carbocycles. The molecule has 0 radical (unpaired) electrons. The van der Waals surface area contributed by atoms with Crippen molar-refractivity contribution >= 4 is 32.4 Å². The van der Waals surface area contributed by atoms with E-state index in [-0.39, 0.29) is 10.9 Å². The summed E-state index contributed by atoms with van der Waals surface area (Å²) < 4.78 is 28.1. The Labute approximate surface area is 140 Å². The predicted molar refractivity (Wildman–Crippen MR) is 97.6 cm³/mol. The molecule has 0 fully saturated rings. The molecule has 0 aliphatic rings. The molecule has 0 atom stereocenters. The number of hydrogen-bond donors (Lipinski definition) is 2. The normalized spacial score (nSPS) is 12.3. The van der Waals surface area contributed by atoms with Gasteiger partial charge < -0.3 is 11.1 Å². The molecule has 122 valence electrons. The van der Waals surface area contributed by atoms with E-state index in [1.54, 1.807) is 12.1 Å². The molecule has 0 spiro atoms. The molecule has 0 aromatic heterocycles. The van der Waals surface area contributed by atoms with E-state index >= 15 is 0 Å². The van der Waals surface area contributed by atoms with Gasteiger partial charge in [0.25, 0.3) is 10.0 Å². The van der Waals surface area contributed by atoms with Crippen LogP contribution in [-0.4, -0.2) is 14.4 Å². The third-order valence-corrected chi connectivity index (χ3v) is 4.86. The fraction of sp³-hybridized carbons (Fsp3) is 0.0556. The fourth-order valence-electron chi connectivity index (χ4n) is 2.33. The van der Waals surface area contributed by atoms with Crippen LogP contribution in [0.5, 0.6) is 0 Å². The maximum absolute atomic E-state index is 12.2. The third kappa shape index (κ3) is 3.55. The summed E-state index contributed by atoms with van der Waals surface area (Å²) in [5, 5.41) is 4.93. The molecule has 24 heavy (non-hydrogen) atoms. The molecule has 0 unspecified atom stereocenters. The quantitative estimate of drug-likeness (QED) is 0.566. The lowest BCUT2D eigenvalue weighted by atomic mass is 10.1. The second-order valence-corrected chi connectivity index (χ2v) is 7.06. The first-order valence-corrected chi connectivity index (χ1v) is 8.81. The van der Waals surface area contributed by atoms with Crippen LogP contribution in [0.25, 0.3) is 10.8 Å². The van der Waals surface area contributed by atoms with Crippen molar-refractivity contribution in [2.75, 3.05) is 5.32 Å². The van der Waals surface area contributed by atoms with Gasteiger partial charge in [0.2, 0.25) is 5.96 Å². The molecule has 3 N–H and O–H groups in total. The van der Waals surface area contributed by atoms with Crippen LogP contribution in [0.4, 0.5) is 5.69 Å². The Morgan fingerprint density at radius 2 is 1.62 bits per heavy atom. The second kappa shape index (κ2) is 6.33. The average Bonchev–Trinajstić information content (AvgIpc) is 2.54. The van der Waals surface area contributed by atoms with Crippen molar-refractivity contribution in [1.29, 1.82) is 0 Å². The molecular formula is C18H17N3O2S. The number of benzene rings is 3. The van der Waals surface area contributed by atoms with E-state index in [4.69, 9.17) is 5.73 Å². The van der Waals surface area contributed by atoms with Gasteiger partial charge in [-0.25, -0.2) is 0 Å². The summed E-state index contributed by atoms with van der Waals surface area (Å²) >= 11 is 0. The Balaban J connectivity index is 1.85. The van der Waals surface area contributed by atoms with Gasteiger partial charge in [0, 0.05) is 5.69 Å². The number of fused-ring (bicyclic) bond motifs is 1. The molecular weight excluding hydrogens is 322 g/mol. The highest BCUT2D eigenvalue weighted by molar-refractivity contribution is 7.90. The SMILES string of the molecule is Cc1ccc(S(=O)(=O)/N=C(\N)Nc2ccc3ccccc3c2)cc1. The summed E-state index contributed by atoms with van der Waals surface area (Å²) in [7, 11) is -3.84. The Morgan fingerprint density at radius 3 is 2.33 bits per heavy atom. The maximum atomic E-state index is 12.2. The zero-order valence-electron chi connectivity index (χ0n) is 13.1. The molecule has 3 aromatic carbocycles. The van der Waals surface area contributed by atoms with Crippen molar-refractivity contribution in [3.8, 4) is 0 Å². The molecule has 0 amide bonds. The third-order valence-electron chi connectivity index (χ3n) is 3.56. The van der Waals surface area contributed by atoms with E-state index < -0.39 is 10.0 Å². The lowest BCUT2D eigenvalue weighted by molar-refractivity contribution is 0.598. The van der Waals surface area contributed by atoms with Crippen molar-refractivity contribution < 1.29 is 8.42 Å². The van der Waals surface area contributed by atoms with Crippen LogP contribution < -0.4 is 11.1 Å². The number of nitrogens with two attached hydrogens (primary N) is 1. The lowest BCUT2D eigenvalue weighted by Gasteiger charge is -2.07. The molecule has 3 aromatic rings. The number of guanidine groups is 1. The van der Waals surface area contributed by atoms with Crippen LogP contribution in [0.2, 0.25) is 0 Å². The van der Waals surface area contributed by atoms with Gasteiger partial charge in [0.15, 0.2) is 0 Å². The highest BCUT2D eigenvalue weighted by Gasteiger charge is 2.13. The topological polar surface area (TPSA) is 84.5 Å². The first-order chi connectivity index (χ1) is 11.4. The lowest BCUT2D eigenvalue weighted by Crippen LogP contribution is -2.24. The minimum Gasteiger partial charge on any atom is -0.369 e. The van der Waals surface area contributed by atoms with E-state index in [2.05, 4.69) is 9.71 Å². The zero-order chi connectivity index (χ0) is 17.2. The molecule has 0 bridgehead atoms. The summed E-state index contributed by atoms with van der Waals surface area (Å²) in [5.74, 6) is -0.175. The highest BCUT2D eigenvalue weighted by Crippen LogP contribution is 2.19. The van der Waals surface area contributed by atoms with Crippen LogP contribution in [0.3, 0.4) is 0 Å². The number of rotatable bonds is 3. The Hall–Kier alpha value is -2.86. The molecule has 0 heterocycles. The summed E-state index contributed by atoms with van der Waals surface area (Å²) in [6, 6.07) is 20.0. The number of nitrogens with zero attached hydrogens (tertiary/aromatic N) is 1. The monoisotopic (exact) mass is 339 g/mol. The predicted octanol–water partition coefficient (Wildman–Crippen LogP) is 3.26. The maximum Gasteiger partial charge on any atom is 0.285 e. The van der Waals surface area contributed by atoms with Crippen LogP contribution in [0.1, 0.15) is 5.56 Å². The molecule has 0 aliphatic heterocycles. The molecule has 0 saturated heterocycles. The van der Waals surface area contributed by atoms with Crippen LogP contribution in [0.15, 0.2) is 76.0 Å². The van der Waals surface area contributed by atoms with Gasteiger partial charge >= 0.3 is 0 Å². The van der Waals surface area contributed by atoms with E-state index in [0.29, 0.717) is 5.69 Å². The number of anilines is 1. The Bertz CT molecular complexity index is 1010. The van der Waals surface area contributed by atoms with Crippen LogP contribution >= 0.6 is 0 Å². The van der Waals surface area contributed by atoms with Crippen LogP contribution in [0, 0.1) is 6.92 Å². The number of aryl methyl sites for hydroxylation is 1. The summed E-state index contributed by atoms with van der Waals surface area (Å²) in [4.78, 5) is 0.108. The van der Waals surface area contributed by atoms with Crippen molar-refractivity contribution in [2.24, 2.45) is 10.1 Å². The fourth-order valence-corrected chi connectivity index (χ4v) is 3.22. The number of hydrogen-bond acceptors (Lipinski definition) is 2. The zero-order valence-corrected chi connectivity index (χ0v) is 13.9. The molecule has 0 saturated carbocycles. The Morgan fingerprint density at radius 1 is 0.958 bits per heavy atom. The standard InChI is InChI=1S/C18H17N3O2S/c1-13-6-10-17(11-7-13)24(22,23)21-18(19)20-16-9-8-14-4-2-3-5-15(14)12-16/h2-12H,1H3,(H3,19,20,21). The van der Waals surface area contributed by atoms with Gasteiger partial charge in [0.1, 0.15) is 0 Å². The van der Waals surface area contributed by atoms with Crippen LogP contribution in [-0.2, 0) is 10.0 Å². The highest BCUT2D eigenvalue weighted by atomic mass is 32.2. The van der Waals surface area contributed by atoms with Crippen molar-refractivity contribution in [1.82, 2.24) is 0 Å². The first kappa shape index (κ1) is 16.0.